The van der Waals surface area contributed by atoms with Gasteiger partial charge in [0.2, 0.25) is 0 Å². The highest BCUT2D eigenvalue weighted by atomic mass is 35.5. The maximum Gasteiger partial charge on any atom is 0.292 e. The lowest BCUT2D eigenvalue weighted by Crippen LogP contribution is -2.23. The molecule has 1 aromatic carbocycles. The van der Waals surface area contributed by atoms with Crippen molar-refractivity contribution in [3.05, 3.63) is 82.1 Å². The van der Waals surface area contributed by atoms with Crippen LogP contribution >= 0.6 is 11.6 Å². The van der Waals surface area contributed by atoms with Gasteiger partial charge >= 0.3 is 0 Å². The van der Waals surface area contributed by atoms with Gasteiger partial charge in [-0.1, -0.05) is 35.9 Å². The topological polar surface area (TPSA) is 77.1 Å². The van der Waals surface area contributed by atoms with Crippen molar-refractivity contribution in [2.75, 3.05) is 11.9 Å². The summed E-state index contributed by atoms with van der Waals surface area (Å²) in [7, 11) is 0. The second-order valence-corrected chi connectivity index (χ2v) is 6.02. The molecule has 8 heteroatoms. The number of halogens is 1. The molecule has 0 radical (unpaired) electrons. The SMILES string of the molecule is O=c1c(Cl)c(NCCc2nnc3ccccn23)cnn1-c1ccccc1. The second-order valence-electron chi connectivity index (χ2n) is 5.65. The Morgan fingerprint density at radius 2 is 1.85 bits per heavy atom. The highest BCUT2D eigenvalue weighted by Crippen LogP contribution is 2.16. The smallest absolute Gasteiger partial charge is 0.292 e. The van der Waals surface area contributed by atoms with Gasteiger partial charge in [-0.15, -0.1) is 10.2 Å². The fourth-order valence-electron chi connectivity index (χ4n) is 2.68. The molecule has 0 atom stereocenters. The zero-order valence-electron chi connectivity index (χ0n) is 13.7. The van der Waals surface area contributed by atoms with Crippen molar-refractivity contribution in [1.82, 2.24) is 24.4 Å². The molecule has 0 saturated heterocycles. The highest BCUT2D eigenvalue weighted by molar-refractivity contribution is 6.32. The predicted molar refractivity (Wildman–Crippen MR) is 100 cm³/mol. The summed E-state index contributed by atoms with van der Waals surface area (Å²) >= 11 is 6.23. The molecule has 4 rings (SSSR count). The number of anilines is 1. The Bertz CT molecular complexity index is 1110. The van der Waals surface area contributed by atoms with Gasteiger partial charge < -0.3 is 5.32 Å². The Labute approximate surface area is 153 Å². The molecule has 3 heterocycles. The van der Waals surface area contributed by atoms with Crippen LogP contribution in [0.4, 0.5) is 5.69 Å². The summed E-state index contributed by atoms with van der Waals surface area (Å²) in [6.45, 7) is 0.547. The van der Waals surface area contributed by atoms with E-state index in [1.807, 2.05) is 47.0 Å². The molecule has 4 aromatic rings. The van der Waals surface area contributed by atoms with Gasteiger partial charge in [0.05, 0.1) is 17.6 Å². The van der Waals surface area contributed by atoms with E-state index in [9.17, 15) is 4.79 Å². The van der Waals surface area contributed by atoms with Gasteiger partial charge in [0.25, 0.3) is 5.56 Å². The Morgan fingerprint density at radius 1 is 1.04 bits per heavy atom. The summed E-state index contributed by atoms with van der Waals surface area (Å²) in [5, 5.41) is 15.7. The Hall–Kier alpha value is -3.19. The van der Waals surface area contributed by atoms with Crippen LogP contribution in [0, 0.1) is 0 Å². The molecule has 0 unspecified atom stereocenters. The van der Waals surface area contributed by atoms with Crippen LogP contribution in [0.25, 0.3) is 11.3 Å². The molecule has 26 heavy (non-hydrogen) atoms. The lowest BCUT2D eigenvalue weighted by molar-refractivity contribution is 0.804. The third kappa shape index (κ3) is 3.04. The summed E-state index contributed by atoms with van der Waals surface area (Å²) in [5.74, 6) is 0.829. The lowest BCUT2D eigenvalue weighted by Gasteiger charge is -2.10. The largest absolute Gasteiger partial charge is 0.382 e. The average molecular weight is 367 g/mol. The number of hydrogen-bond acceptors (Lipinski definition) is 5. The first-order chi connectivity index (χ1) is 12.7. The van der Waals surface area contributed by atoms with Crippen LogP contribution in [0.1, 0.15) is 5.82 Å². The predicted octanol–water partition coefficient (Wildman–Crippen LogP) is 2.58. The molecule has 0 spiro atoms. The molecule has 0 aliphatic carbocycles. The van der Waals surface area contributed by atoms with Gasteiger partial charge in [-0.05, 0) is 24.3 Å². The Balaban J connectivity index is 1.50. The van der Waals surface area contributed by atoms with Crippen LogP contribution in [-0.4, -0.2) is 30.9 Å². The van der Waals surface area contributed by atoms with Crippen molar-refractivity contribution < 1.29 is 0 Å². The van der Waals surface area contributed by atoms with E-state index in [4.69, 9.17) is 11.6 Å². The Morgan fingerprint density at radius 3 is 2.69 bits per heavy atom. The standard InChI is InChI=1S/C18H15ClN6O/c19-17-14(12-21-25(18(17)26)13-6-2-1-3-7-13)20-10-9-16-23-22-15-8-4-5-11-24(15)16/h1-8,11-12,20H,9-10H2. The number of rotatable bonds is 5. The van der Waals surface area contributed by atoms with Gasteiger partial charge in [0.15, 0.2) is 5.65 Å². The lowest BCUT2D eigenvalue weighted by atomic mass is 10.3. The first kappa shape index (κ1) is 16.3. The number of fused-ring (bicyclic) bond motifs is 1. The van der Waals surface area contributed by atoms with E-state index in [1.54, 1.807) is 18.3 Å². The third-order valence-electron chi connectivity index (χ3n) is 3.97. The van der Waals surface area contributed by atoms with Crippen LogP contribution in [0.5, 0.6) is 0 Å². The molecule has 0 aliphatic rings. The van der Waals surface area contributed by atoms with E-state index in [-0.39, 0.29) is 10.6 Å². The maximum absolute atomic E-state index is 12.5. The van der Waals surface area contributed by atoms with E-state index in [2.05, 4.69) is 20.6 Å². The molecule has 3 aromatic heterocycles. The molecular formula is C18H15ClN6O. The first-order valence-electron chi connectivity index (χ1n) is 8.10. The normalized spacial score (nSPS) is 11.0. The molecule has 1 N–H and O–H groups in total. The van der Waals surface area contributed by atoms with Crippen LogP contribution in [0.15, 0.2) is 65.7 Å². The number of nitrogens with one attached hydrogen (secondary N) is 1. The first-order valence-corrected chi connectivity index (χ1v) is 8.47. The summed E-state index contributed by atoms with van der Waals surface area (Å²) < 4.78 is 3.20. The maximum atomic E-state index is 12.5. The molecule has 0 amide bonds. The zero-order chi connectivity index (χ0) is 17.9. The van der Waals surface area contributed by atoms with E-state index in [0.717, 1.165) is 11.5 Å². The molecule has 0 saturated carbocycles. The molecular weight excluding hydrogens is 352 g/mol. The van der Waals surface area contributed by atoms with E-state index in [1.165, 1.54) is 4.68 Å². The third-order valence-corrected chi connectivity index (χ3v) is 4.33. The fourth-order valence-corrected chi connectivity index (χ4v) is 2.88. The summed E-state index contributed by atoms with van der Waals surface area (Å²) in [5.41, 5.74) is 1.60. The van der Waals surface area contributed by atoms with Gasteiger partial charge in [0.1, 0.15) is 10.8 Å². The van der Waals surface area contributed by atoms with Crippen molar-refractivity contribution >= 4 is 22.9 Å². The minimum Gasteiger partial charge on any atom is -0.382 e. The highest BCUT2D eigenvalue weighted by Gasteiger charge is 2.11. The minimum atomic E-state index is -0.365. The average Bonchev–Trinajstić information content (AvgIpc) is 3.09. The van der Waals surface area contributed by atoms with Crippen molar-refractivity contribution in [2.24, 2.45) is 0 Å². The monoisotopic (exact) mass is 366 g/mol. The van der Waals surface area contributed by atoms with Crippen molar-refractivity contribution in [1.29, 1.82) is 0 Å². The van der Waals surface area contributed by atoms with E-state index >= 15 is 0 Å². The van der Waals surface area contributed by atoms with Crippen LogP contribution < -0.4 is 10.9 Å². The number of hydrogen-bond donors (Lipinski definition) is 1. The van der Waals surface area contributed by atoms with E-state index in [0.29, 0.717) is 24.3 Å². The quantitative estimate of drug-likeness (QED) is 0.587. The molecule has 0 bridgehead atoms. The van der Waals surface area contributed by atoms with Crippen LogP contribution in [0.2, 0.25) is 5.02 Å². The molecule has 7 nitrogen and oxygen atoms in total. The molecule has 0 aliphatic heterocycles. The number of aromatic nitrogens is 5. The minimum absolute atomic E-state index is 0.106. The van der Waals surface area contributed by atoms with Crippen molar-refractivity contribution in [2.45, 2.75) is 6.42 Å². The van der Waals surface area contributed by atoms with Crippen LogP contribution in [-0.2, 0) is 6.42 Å². The van der Waals surface area contributed by atoms with E-state index < -0.39 is 0 Å². The van der Waals surface area contributed by atoms with Gasteiger partial charge in [-0.2, -0.15) is 9.78 Å². The number of nitrogens with zero attached hydrogens (tertiary/aromatic N) is 5. The van der Waals surface area contributed by atoms with Crippen molar-refractivity contribution in [3.63, 3.8) is 0 Å². The van der Waals surface area contributed by atoms with Crippen LogP contribution in [0.3, 0.4) is 0 Å². The van der Waals surface area contributed by atoms with Gasteiger partial charge in [-0.25, -0.2) is 0 Å². The zero-order valence-corrected chi connectivity index (χ0v) is 14.5. The molecule has 130 valence electrons. The Kier molecular flexibility index (Phi) is 4.37. The summed E-state index contributed by atoms with van der Waals surface area (Å²) in [6, 6.07) is 14.9. The number of benzene rings is 1. The van der Waals surface area contributed by atoms with Gasteiger partial charge in [-0.3, -0.25) is 9.20 Å². The van der Waals surface area contributed by atoms with Gasteiger partial charge in [0, 0.05) is 19.2 Å². The van der Waals surface area contributed by atoms with Crippen molar-refractivity contribution in [3.8, 4) is 5.69 Å². The number of pyridine rings is 1. The number of para-hydroxylation sites is 1. The molecule has 0 fully saturated rings. The second kappa shape index (κ2) is 6.97. The summed E-state index contributed by atoms with van der Waals surface area (Å²) in [6.07, 6.45) is 4.10. The summed E-state index contributed by atoms with van der Waals surface area (Å²) in [4.78, 5) is 12.5. The fraction of sp³-hybridized carbons (Fsp3) is 0.111.